The summed E-state index contributed by atoms with van der Waals surface area (Å²) in [5.41, 5.74) is 4.75. The van der Waals surface area contributed by atoms with Crippen LogP contribution in [0.3, 0.4) is 0 Å². The van der Waals surface area contributed by atoms with Gasteiger partial charge >= 0.3 is 0 Å². The maximum absolute atomic E-state index is 14.0. The first kappa shape index (κ1) is 35.7. The number of rotatable bonds is 7. The van der Waals surface area contributed by atoms with Crippen LogP contribution >= 0.6 is 0 Å². The maximum Gasteiger partial charge on any atom is 0.216 e. The molecule has 3 N–H and O–H groups in total. The lowest BCUT2D eigenvalue weighted by Gasteiger charge is -2.40. The van der Waals surface area contributed by atoms with Gasteiger partial charge in [0.05, 0.1) is 23.7 Å². The first-order chi connectivity index (χ1) is 22.8. The number of hydrogen-bond acceptors (Lipinski definition) is 9. The lowest BCUT2D eigenvalue weighted by molar-refractivity contribution is -0.0480. The van der Waals surface area contributed by atoms with E-state index in [4.69, 9.17) is 9.72 Å². The van der Waals surface area contributed by atoms with E-state index >= 15 is 0 Å². The number of benzene rings is 1. The number of anilines is 1. The molecule has 1 aromatic heterocycles. The standard InChI is InChI=1S/C37H59N7O3S/c1-25-10-7-11-26(2)35(25)32-19-34-41-36(40-32)42-48(45,46)31-15-8-12-27(18-31)22-44(30(24-47-34)16-17-37(3,4)5)23-28-20-38-21-33(39-28)43(6)29-13-9-14-29/h7,10-11,20-21,27,29-32,34,36,40-42H,8-9,12-19,22-24H2,1-6H3/t27?,30-,31?,32?,34?,36?/m1/s1. The molecule has 2 aromatic rings. The molecule has 0 radical (unpaired) electrons. The number of nitrogens with zero attached hydrogens (tertiary/aromatic N) is 4. The summed E-state index contributed by atoms with van der Waals surface area (Å²) < 4.78 is 37.8. The average molecular weight is 682 g/mol. The number of aryl methyl sites for hydroxylation is 2. The molecule has 2 aliphatic carbocycles. The molecule has 4 bridgehead atoms. The molecule has 6 rings (SSSR count). The van der Waals surface area contributed by atoms with Crippen LogP contribution in [-0.2, 0) is 21.3 Å². The molecule has 4 fully saturated rings. The number of ether oxygens (including phenoxy) is 1. The van der Waals surface area contributed by atoms with Gasteiger partial charge in [-0.05, 0) is 93.2 Å². The Kier molecular flexibility index (Phi) is 11.1. The zero-order valence-electron chi connectivity index (χ0n) is 30.0. The van der Waals surface area contributed by atoms with Crippen LogP contribution in [0.4, 0.5) is 5.82 Å². The zero-order chi connectivity index (χ0) is 34.1. The van der Waals surface area contributed by atoms with Crippen molar-refractivity contribution in [3.63, 3.8) is 0 Å². The van der Waals surface area contributed by atoms with Crippen molar-refractivity contribution in [2.24, 2.45) is 11.3 Å². The topological polar surface area (TPSA) is 112 Å². The van der Waals surface area contributed by atoms with Crippen LogP contribution < -0.4 is 20.3 Å². The predicted octanol–water partition coefficient (Wildman–Crippen LogP) is 5.52. The molecule has 0 spiro atoms. The minimum atomic E-state index is -3.59. The Hall–Kier alpha value is -2.15. The zero-order valence-corrected chi connectivity index (χ0v) is 30.9. The maximum atomic E-state index is 14.0. The molecule has 1 aromatic carbocycles. The minimum absolute atomic E-state index is 0.0517. The molecule has 3 heterocycles. The molecule has 5 unspecified atom stereocenters. The first-order valence-electron chi connectivity index (χ1n) is 18.3. The smallest absolute Gasteiger partial charge is 0.216 e. The van der Waals surface area contributed by atoms with Crippen LogP contribution in [-0.4, -0.2) is 73.3 Å². The van der Waals surface area contributed by atoms with Crippen molar-refractivity contribution in [1.29, 1.82) is 0 Å². The monoisotopic (exact) mass is 681 g/mol. The van der Waals surface area contributed by atoms with Crippen molar-refractivity contribution in [2.45, 2.75) is 141 Å². The van der Waals surface area contributed by atoms with E-state index in [0.29, 0.717) is 38.5 Å². The molecule has 2 aliphatic heterocycles. The Morgan fingerprint density at radius 1 is 1.02 bits per heavy atom. The van der Waals surface area contributed by atoms with Gasteiger partial charge in [0.25, 0.3) is 0 Å². The Morgan fingerprint density at radius 3 is 2.48 bits per heavy atom. The van der Waals surface area contributed by atoms with E-state index in [-0.39, 0.29) is 29.6 Å². The summed E-state index contributed by atoms with van der Waals surface area (Å²) in [6, 6.07) is 6.99. The number of fused-ring (bicyclic) bond motifs is 4. The molecule has 6 atom stereocenters. The summed E-state index contributed by atoms with van der Waals surface area (Å²) >= 11 is 0. The van der Waals surface area contributed by atoms with E-state index in [1.807, 2.05) is 12.4 Å². The highest BCUT2D eigenvalue weighted by atomic mass is 32.2. The Morgan fingerprint density at radius 2 is 1.77 bits per heavy atom. The number of nitrogens with one attached hydrogen (secondary N) is 3. The molecular weight excluding hydrogens is 623 g/mol. The van der Waals surface area contributed by atoms with Gasteiger partial charge in [0.1, 0.15) is 18.3 Å². The van der Waals surface area contributed by atoms with Crippen LogP contribution in [0.15, 0.2) is 30.6 Å². The third kappa shape index (κ3) is 8.76. The predicted molar refractivity (Wildman–Crippen MR) is 192 cm³/mol. The van der Waals surface area contributed by atoms with Gasteiger partial charge in [0.15, 0.2) is 0 Å². The second-order valence-electron chi connectivity index (χ2n) is 16.2. The van der Waals surface area contributed by atoms with Crippen LogP contribution in [0.2, 0.25) is 0 Å². The molecule has 4 aliphatic rings. The van der Waals surface area contributed by atoms with E-state index in [9.17, 15) is 8.42 Å². The van der Waals surface area contributed by atoms with Gasteiger partial charge in [-0.3, -0.25) is 20.5 Å². The van der Waals surface area contributed by atoms with E-state index in [2.05, 4.69) is 90.0 Å². The Balaban J connectivity index is 1.32. The normalized spacial score (nSPS) is 30.4. The summed E-state index contributed by atoms with van der Waals surface area (Å²) in [7, 11) is -1.45. The third-order valence-electron chi connectivity index (χ3n) is 11.3. The molecule has 11 heteroatoms. The van der Waals surface area contributed by atoms with Gasteiger partial charge in [0, 0.05) is 50.9 Å². The van der Waals surface area contributed by atoms with Crippen molar-refractivity contribution in [3.05, 3.63) is 53.0 Å². The molecule has 2 saturated carbocycles. The second-order valence-corrected chi connectivity index (χ2v) is 18.2. The summed E-state index contributed by atoms with van der Waals surface area (Å²) in [6.45, 7) is 13.2. The third-order valence-corrected chi connectivity index (χ3v) is 13.1. The van der Waals surface area contributed by atoms with Gasteiger partial charge < -0.3 is 9.64 Å². The van der Waals surface area contributed by atoms with E-state index < -0.39 is 21.6 Å². The fourth-order valence-electron chi connectivity index (χ4n) is 8.18. The van der Waals surface area contributed by atoms with Crippen LogP contribution in [0.5, 0.6) is 0 Å². The largest absolute Gasteiger partial charge is 0.362 e. The summed E-state index contributed by atoms with van der Waals surface area (Å²) in [4.78, 5) is 14.6. The van der Waals surface area contributed by atoms with E-state index in [1.54, 1.807) is 0 Å². The minimum Gasteiger partial charge on any atom is -0.362 e. The van der Waals surface area contributed by atoms with Crippen molar-refractivity contribution in [1.82, 2.24) is 30.2 Å². The average Bonchev–Trinajstić information content (AvgIpc) is 2.99. The Labute approximate surface area is 289 Å². The Bertz CT molecular complexity index is 1470. The van der Waals surface area contributed by atoms with E-state index in [0.717, 1.165) is 43.7 Å². The van der Waals surface area contributed by atoms with Crippen LogP contribution in [0.1, 0.15) is 113 Å². The molecule has 0 amide bonds. The van der Waals surface area contributed by atoms with Gasteiger partial charge in [-0.1, -0.05) is 45.4 Å². The van der Waals surface area contributed by atoms with Crippen molar-refractivity contribution >= 4 is 15.8 Å². The highest BCUT2D eigenvalue weighted by Gasteiger charge is 2.39. The molecular formula is C37H59N7O3S. The number of aromatic nitrogens is 2. The van der Waals surface area contributed by atoms with Gasteiger partial charge in [-0.15, -0.1) is 0 Å². The second kappa shape index (κ2) is 15.0. The quantitative estimate of drug-likeness (QED) is 0.348. The lowest BCUT2D eigenvalue weighted by Crippen LogP contribution is -2.64. The highest BCUT2D eigenvalue weighted by molar-refractivity contribution is 7.90. The first-order valence-corrected chi connectivity index (χ1v) is 19.9. The summed E-state index contributed by atoms with van der Waals surface area (Å²) in [5.74, 6) is 1.21. The van der Waals surface area contributed by atoms with Crippen LogP contribution in [0, 0.1) is 25.2 Å². The van der Waals surface area contributed by atoms with Gasteiger partial charge in [-0.25, -0.2) is 13.4 Å². The molecule has 10 nitrogen and oxygen atoms in total. The molecule has 2 saturated heterocycles. The highest BCUT2D eigenvalue weighted by Crippen LogP contribution is 2.34. The van der Waals surface area contributed by atoms with Crippen LogP contribution in [0.25, 0.3) is 0 Å². The summed E-state index contributed by atoms with van der Waals surface area (Å²) in [5, 5.41) is 6.66. The SMILES string of the molecule is Cc1cccc(C)c1C1CC2NC(N1)NS(=O)(=O)C1CCCC(C1)CN(Cc1cncc(N(C)C3CCC3)n1)[C@H](CCC(C)(C)C)CO2. The number of hydrogen-bond donors (Lipinski definition) is 3. The lowest BCUT2D eigenvalue weighted by atomic mass is 9.86. The number of sulfonamides is 1. The van der Waals surface area contributed by atoms with Gasteiger partial charge in [0.2, 0.25) is 10.0 Å². The van der Waals surface area contributed by atoms with Gasteiger partial charge in [-0.2, -0.15) is 4.72 Å². The van der Waals surface area contributed by atoms with Crippen molar-refractivity contribution in [3.8, 4) is 0 Å². The van der Waals surface area contributed by atoms with Crippen molar-refractivity contribution < 1.29 is 13.2 Å². The fourth-order valence-corrected chi connectivity index (χ4v) is 9.84. The fraction of sp³-hybridized carbons (Fsp3) is 0.730. The summed E-state index contributed by atoms with van der Waals surface area (Å²) in [6.07, 6.45) is 12.6. The molecule has 48 heavy (non-hydrogen) atoms. The van der Waals surface area contributed by atoms with Crippen molar-refractivity contribution in [2.75, 3.05) is 25.1 Å². The molecule has 266 valence electrons. The van der Waals surface area contributed by atoms with E-state index in [1.165, 1.54) is 36.0 Å².